The van der Waals surface area contributed by atoms with Crippen molar-refractivity contribution in [2.75, 3.05) is 18.5 Å². The molecular weight excluding hydrogens is 262 g/mol. The van der Waals surface area contributed by atoms with Crippen LogP contribution < -0.4 is 5.32 Å². The van der Waals surface area contributed by atoms with Crippen LogP contribution >= 0.6 is 0 Å². The van der Waals surface area contributed by atoms with Crippen molar-refractivity contribution in [3.8, 4) is 0 Å². The van der Waals surface area contributed by atoms with Gasteiger partial charge in [0.15, 0.2) is 0 Å². The predicted molar refractivity (Wildman–Crippen MR) is 88.5 cm³/mol. The van der Waals surface area contributed by atoms with E-state index in [1.54, 1.807) is 0 Å². The van der Waals surface area contributed by atoms with Crippen molar-refractivity contribution in [3.63, 3.8) is 0 Å². The molecule has 1 aromatic carbocycles. The van der Waals surface area contributed by atoms with Gasteiger partial charge in [0.2, 0.25) is 0 Å². The zero-order valence-corrected chi connectivity index (χ0v) is 13.3. The van der Waals surface area contributed by atoms with Crippen LogP contribution in [0.3, 0.4) is 0 Å². The molecule has 3 heteroatoms. The molecule has 0 aromatic heterocycles. The smallest absolute Gasteiger partial charge is 0.325 e. The maximum absolute atomic E-state index is 11.5. The maximum Gasteiger partial charge on any atom is 0.325 e. The summed E-state index contributed by atoms with van der Waals surface area (Å²) in [6.07, 6.45) is 10.0. The summed E-state index contributed by atoms with van der Waals surface area (Å²) in [5.41, 5.74) is 0.946. The van der Waals surface area contributed by atoms with Gasteiger partial charge >= 0.3 is 5.97 Å². The van der Waals surface area contributed by atoms with Crippen molar-refractivity contribution in [3.05, 3.63) is 30.3 Å². The molecule has 0 aliphatic rings. The van der Waals surface area contributed by atoms with Gasteiger partial charge in [-0.05, 0) is 18.6 Å². The van der Waals surface area contributed by atoms with Crippen LogP contribution in [-0.2, 0) is 9.53 Å². The van der Waals surface area contributed by atoms with Crippen LogP contribution in [0.15, 0.2) is 30.3 Å². The molecule has 0 unspecified atom stereocenters. The van der Waals surface area contributed by atoms with E-state index in [2.05, 4.69) is 12.2 Å². The van der Waals surface area contributed by atoms with Gasteiger partial charge in [-0.15, -0.1) is 0 Å². The highest BCUT2D eigenvalue weighted by molar-refractivity contribution is 5.74. The lowest BCUT2D eigenvalue weighted by Gasteiger charge is -2.07. The first kappa shape index (κ1) is 17.5. The molecule has 118 valence electrons. The van der Waals surface area contributed by atoms with Crippen molar-refractivity contribution in [2.24, 2.45) is 0 Å². The van der Waals surface area contributed by atoms with Crippen LogP contribution in [-0.4, -0.2) is 19.1 Å². The molecule has 1 rings (SSSR count). The molecule has 0 radical (unpaired) electrons. The van der Waals surface area contributed by atoms with E-state index in [-0.39, 0.29) is 12.5 Å². The minimum absolute atomic E-state index is 0.179. The fourth-order valence-electron chi connectivity index (χ4n) is 2.20. The summed E-state index contributed by atoms with van der Waals surface area (Å²) in [6.45, 7) is 3.02. The number of ether oxygens (including phenoxy) is 1. The van der Waals surface area contributed by atoms with Gasteiger partial charge in [-0.25, -0.2) is 0 Å². The fourth-order valence-corrected chi connectivity index (χ4v) is 2.20. The Hall–Kier alpha value is -1.51. The second-order valence-corrected chi connectivity index (χ2v) is 5.41. The monoisotopic (exact) mass is 291 g/mol. The Morgan fingerprint density at radius 3 is 2.24 bits per heavy atom. The number of anilines is 1. The number of unbranched alkanes of at least 4 members (excludes halogenated alkanes) is 7. The molecule has 0 amide bonds. The van der Waals surface area contributed by atoms with Crippen LogP contribution in [0.5, 0.6) is 0 Å². The lowest BCUT2D eigenvalue weighted by molar-refractivity contribution is -0.141. The van der Waals surface area contributed by atoms with Crippen LogP contribution in [0.25, 0.3) is 0 Å². The third-order valence-electron chi connectivity index (χ3n) is 3.47. The molecule has 0 fully saturated rings. The maximum atomic E-state index is 11.5. The highest BCUT2D eigenvalue weighted by Crippen LogP contribution is 2.08. The van der Waals surface area contributed by atoms with Gasteiger partial charge in [0.25, 0.3) is 0 Å². The van der Waals surface area contributed by atoms with Crippen molar-refractivity contribution in [1.82, 2.24) is 0 Å². The lowest BCUT2D eigenvalue weighted by atomic mass is 10.1. The number of benzene rings is 1. The number of carbonyl (C=O) groups is 1. The van der Waals surface area contributed by atoms with E-state index in [4.69, 9.17) is 4.74 Å². The van der Waals surface area contributed by atoms with E-state index in [1.807, 2.05) is 30.3 Å². The SMILES string of the molecule is CCCCCCCCCCOC(=O)CNc1ccccc1. The summed E-state index contributed by atoms with van der Waals surface area (Å²) in [7, 11) is 0. The van der Waals surface area contributed by atoms with E-state index in [9.17, 15) is 4.79 Å². The van der Waals surface area contributed by atoms with Crippen molar-refractivity contribution in [1.29, 1.82) is 0 Å². The highest BCUT2D eigenvalue weighted by atomic mass is 16.5. The first-order valence-electron chi connectivity index (χ1n) is 8.27. The minimum Gasteiger partial charge on any atom is -0.464 e. The Kier molecular flexibility index (Phi) is 10.2. The number of esters is 1. The second-order valence-electron chi connectivity index (χ2n) is 5.41. The summed E-state index contributed by atoms with van der Waals surface area (Å²) in [4.78, 5) is 11.5. The summed E-state index contributed by atoms with van der Waals surface area (Å²) in [5, 5.41) is 3.05. The van der Waals surface area contributed by atoms with Gasteiger partial charge in [0.1, 0.15) is 6.54 Å². The molecule has 0 atom stereocenters. The molecule has 0 aliphatic carbocycles. The fraction of sp³-hybridized carbons (Fsp3) is 0.611. The Morgan fingerprint density at radius 2 is 1.57 bits per heavy atom. The summed E-state index contributed by atoms with van der Waals surface area (Å²) in [6, 6.07) is 9.70. The van der Waals surface area contributed by atoms with Gasteiger partial charge in [0, 0.05) is 5.69 Å². The molecule has 1 N–H and O–H groups in total. The Bertz CT molecular complexity index is 365. The van der Waals surface area contributed by atoms with E-state index in [0.29, 0.717) is 6.61 Å². The van der Waals surface area contributed by atoms with Crippen LogP contribution in [0.1, 0.15) is 58.3 Å². The van der Waals surface area contributed by atoms with Crippen LogP contribution in [0.2, 0.25) is 0 Å². The van der Waals surface area contributed by atoms with Crippen molar-refractivity contribution in [2.45, 2.75) is 58.3 Å². The van der Waals surface area contributed by atoms with Crippen LogP contribution in [0.4, 0.5) is 5.69 Å². The third-order valence-corrected chi connectivity index (χ3v) is 3.47. The third kappa shape index (κ3) is 9.94. The molecule has 21 heavy (non-hydrogen) atoms. The molecule has 3 nitrogen and oxygen atoms in total. The summed E-state index contributed by atoms with van der Waals surface area (Å²) in [5.74, 6) is -0.179. The predicted octanol–water partition coefficient (Wildman–Crippen LogP) is 4.78. The van der Waals surface area contributed by atoms with Crippen molar-refractivity contribution < 1.29 is 9.53 Å². The molecule has 0 bridgehead atoms. The molecular formula is C18H29NO2. The molecule has 0 spiro atoms. The van der Waals surface area contributed by atoms with Crippen molar-refractivity contribution >= 4 is 11.7 Å². The number of para-hydroxylation sites is 1. The van der Waals surface area contributed by atoms with Crippen LogP contribution in [0, 0.1) is 0 Å². The molecule has 1 aromatic rings. The molecule has 0 saturated carbocycles. The van der Waals surface area contributed by atoms with E-state index in [0.717, 1.165) is 18.5 Å². The summed E-state index contributed by atoms with van der Waals surface area (Å²) < 4.78 is 5.21. The average Bonchev–Trinajstić information content (AvgIpc) is 2.52. The normalized spacial score (nSPS) is 10.3. The molecule has 0 heterocycles. The number of nitrogens with one attached hydrogen (secondary N) is 1. The Labute approximate surface area is 129 Å². The highest BCUT2D eigenvalue weighted by Gasteiger charge is 2.02. The quantitative estimate of drug-likeness (QED) is 0.445. The summed E-state index contributed by atoms with van der Waals surface area (Å²) >= 11 is 0. The minimum atomic E-state index is -0.179. The largest absolute Gasteiger partial charge is 0.464 e. The zero-order chi connectivity index (χ0) is 15.2. The van der Waals surface area contributed by atoms with Gasteiger partial charge in [-0.3, -0.25) is 4.79 Å². The lowest BCUT2D eigenvalue weighted by Crippen LogP contribution is -2.17. The van der Waals surface area contributed by atoms with E-state index >= 15 is 0 Å². The average molecular weight is 291 g/mol. The first-order chi connectivity index (χ1) is 10.3. The first-order valence-corrected chi connectivity index (χ1v) is 8.27. The Morgan fingerprint density at radius 1 is 0.952 bits per heavy atom. The van der Waals surface area contributed by atoms with Gasteiger partial charge in [-0.1, -0.05) is 70.1 Å². The number of rotatable bonds is 12. The number of hydrogen-bond acceptors (Lipinski definition) is 3. The molecule has 0 aliphatic heterocycles. The van der Waals surface area contributed by atoms with Gasteiger partial charge < -0.3 is 10.1 Å². The van der Waals surface area contributed by atoms with Gasteiger partial charge in [-0.2, -0.15) is 0 Å². The van der Waals surface area contributed by atoms with Gasteiger partial charge in [0.05, 0.1) is 6.61 Å². The zero-order valence-electron chi connectivity index (χ0n) is 13.3. The van der Waals surface area contributed by atoms with E-state index in [1.165, 1.54) is 38.5 Å². The topological polar surface area (TPSA) is 38.3 Å². The second kappa shape index (κ2) is 12.2. The molecule has 0 saturated heterocycles. The Balaban J connectivity index is 1.89. The number of hydrogen-bond donors (Lipinski definition) is 1. The number of carbonyl (C=O) groups excluding carboxylic acids is 1. The van der Waals surface area contributed by atoms with E-state index < -0.39 is 0 Å². The standard InChI is InChI=1S/C18H29NO2/c1-2-3-4-5-6-7-8-12-15-21-18(20)16-19-17-13-10-9-11-14-17/h9-11,13-14,19H,2-8,12,15-16H2,1H3.